The zero-order valence-electron chi connectivity index (χ0n) is 17.9. The standard InChI is InChI=1S/C22H30FN5O2S/c1-17-15-21(26-22(24-17)25-20-5-3-2-4-6-20)27-11-13-28(14-12-27)31(29,30)16-18-7-9-19(23)10-8-18/h7-10,15,20H,2-6,11-14,16H2,1H3,(H,24,25,26). The van der Waals surface area contributed by atoms with Crippen LogP contribution in [0.4, 0.5) is 16.2 Å². The molecule has 0 unspecified atom stereocenters. The Kier molecular flexibility index (Phi) is 6.71. The van der Waals surface area contributed by atoms with Gasteiger partial charge >= 0.3 is 0 Å². The van der Waals surface area contributed by atoms with E-state index < -0.39 is 10.0 Å². The summed E-state index contributed by atoms with van der Waals surface area (Å²) in [5.74, 6) is 1.01. The third-order valence-electron chi connectivity index (χ3n) is 6.00. The summed E-state index contributed by atoms with van der Waals surface area (Å²) < 4.78 is 40.2. The van der Waals surface area contributed by atoms with E-state index in [1.165, 1.54) is 47.8 Å². The van der Waals surface area contributed by atoms with Crippen molar-refractivity contribution < 1.29 is 12.8 Å². The van der Waals surface area contributed by atoms with E-state index in [0.717, 1.165) is 24.4 Å². The zero-order valence-corrected chi connectivity index (χ0v) is 18.7. The summed E-state index contributed by atoms with van der Waals surface area (Å²) in [5.41, 5.74) is 1.49. The van der Waals surface area contributed by atoms with Crippen LogP contribution in [-0.2, 0) is 15.8 Å². The van der Waals surface area contributed by atoms with Crippen molar-refractivity contribution in [3.8, 4) is 0 Å². The van der Waals surface area contributed by atoms with Gasteiger partial charge in [0.05, 0.1) is 5.75 Å². The van der Waals surface area contributed by atoms with Gasteiger partial charge in [-0.15, -0.1) is 0 Å². The monoisotopic (exact) mass is 447 g/mol. The number of hydrogen-bond acceptors (Lipinski definition) is 6. The maximum absolute atomic E-state index is 13.1. The minimum atomic E-state index is -3.45. The normalized spacial score (nSPS) is 18.8. The van der Waals surface area contributed by atoms with Crippen molar-refractivity contribution in [3.63, 3.8) is 0 Å². The molecule has 2 aromatic rings. The first-order chi connectivity index (χ1) is 14.9. The van der Waals surface area contributed by atoms with E-state index in [9.17, 15) is 12.8 Å². The lowest BCUT2D eigenvalue weighted by Crippen LogP contribution is -2.49. The minimum Gasteiger partial charge on any atom is -0.354 e. The van der Waals surface area contributed by atoms with Crippen LogP contribution in [0.3, 0.4) is 0 Å². The first kappa shape index (κ1) is 22.0. The van der Waals surface area contributed by atoms with Crippen LogP contribution in [0.2, 0.25) is 0 Å². The number of nitrogens with one attached hydrogen (secondary N) is 1. The second-order valence-electron chi connectivity index (χ2n) is 8.44. The second-order valence-corrected chi connectivity index (χ2v) is 10.4. The highest BCUT2D eigenvalue weighted by Crippen LogP contribution is 2.23. The lowest BCUT2D eigenvalue weighted by molar-refractivity contribution is 0.383. The average molecular weight is 448 g/mol. The number of halogens is 1. The van der Waals surface area contributed by atoms with Gasteiger partial charge in [0.1, 0.15) is 11.6 Å². The Morgan fingerprint density at radius 1 is 1.03 bits per heavy atom. The van der Waals surface area contributed by atoms with E-state index in [-0.39, 0.29) is 11.6 Å². The van der Waals surface area contributed by atoms with E-state index in [2.05, 4.69) is 15.2 Å². The van der Waals surface area contributed by atoms with Crippen LogP contribution in [0.1, 0.15) is 43.4 Å². The van der Waals surface area contributed by atoms with E-state index in [1.54, 1.807) is 0 Å². The first-order valence-corrected chi connectivity index (χ1v) is 12.6. The van der Waals surface area contributed by atoms with Crippen molar-refractivity contribution in [2.75, 3.05) is 36.4 Å². The van der Waals surface area contributed by atoms with Crippen LogP contribution >= 0.6 is 0 Å². The van der Waals surface area contributed by atoms with Gasteiger partial charge < -0.3 is 10.2 Å². The number of anilines is 2. The number of rotatable bonds is 6. The molecular formula is C22H30FN5O2S. The molecule has 31 heavy (non-hydrogen) atoms. The number of piperazine rings is 1. The molecule has 1 saturated heterocycles. The van der Waals surface area contributed by atoms with Gasteiger partial charge in [0, 0.05) is 44.0 Å². The van der Waals surface area contributed by atoms with Gasteiger partial charge in [-0.3, -0.25) is 0 Å². The summed E-state index contributed by atoms with van der Waals surface area (Å²) in [6.45, 7) is 3.90. The molecule has 1 aromatic carbocycles. The largest absolute Gasteiger partial charge is 0.354 e. The third kappa shape index (κ3) is 5.71. The molecule has 0 atom stereocenters. The Morgan fingerprint density at radius 3 is 2.39 bits per heavy atom. The van der Waals surface area contributed by atoms with Gasteiger partial charge in [0.15, 0.2) is 0 Å². The summed E-state index contributed by atoms with van der Waals surface area (Å²) in [6, 6.07) is 8.01. The molecule has 0 amide bonds. The van der Waals surface area contributed by atoms with Crippen molar-refractivity contribution in [1.29, 1.82) is 0 Å². The second kappa shape index (κ2) is 9.48. The van der Waals surface area contributed by atoms with Crippen molar-refractivity contribution in [1.82, 2.24) is 14.3 Å². The average Bonchev–Trinajstić information content (AvgIpc) is 2.76. The molecule has 1 aliphatic carbocycles. The van der Waals surface area contributed by atoms with Crippen molar-refractivity contribution in [3.05, 3.63) is 47.4 Å². The van der Waals surface area contributed by atoms with Crippen molar-refractivity contribution in [2.24, 2.45) is 0 Å². The molecule has 2 fully saturated rings. The van der Waals surface area contributed by atoms with Crippen LogP contribution in [0.15, 0.2) is 30.3 Å². The number of benzene rings is 1. The Labute approximate surface area is 183 Å². The van der Waals surface area contributed by atoms with Gasteiger partial charge in [-0.05, 0) is 37.5 Å². The fraction of sp³-hybridized carbons (Fsp3) is 0.545. The molecule has 1 N–H and O–H groups in total. The Balaban J connectivity index is 1.38. The van der Waals surface area contributed by atoms with Crippen LogP contribution in [0.25, 0.3) is 0 Å². The highest BCUT2D eigenvalue weighted by molar-refractivity contribution is 7.88. The quantitative estimate of drug-likeness (QED) is 0.732. The minimum absolute atomic E-state index is 0.116. The Bertz CT molecular complexity index is 985. The SMILES string of the molecule is Cc1cc(N2CCN(S(=O)(=O)Cc3ccc(F)cc3)CC2)nc(NC2CCCCC2)n1. The van der Waals surface area contributed by atoms with Gasteiger partial charge in [-0.2, -0.15) is 9.29 Å². The smallest absolute Gasteiger partial charge is 0.225 e. The molecule has 7 nitrogen and oxygen atoms in total. The molecule has 0 spiro atoms. The first-order valence-electron chi connectivity index (χ1n) is 11.0. The molecular weight excluding hydrogens is 417 g/mol. The maximum atomic E-state index is 13.1. The van der Waals surface area contributed by atoms with Crippen LogP contribution < -0.4 is 10.2 Å². The summed E-state index contributed by atoms with van der Waals surface area (Å²) in [6.07, 6.45) is 6.08. The van der Waals surface area contributed by atoms with Gasteiger partial charge in [0.2, 0.25) is 16.0 Å². The van der Waals surface area contributed by atoms with E-state index in [4.69, 9.17) is 4.98 Å². The predicted molar refractivity (Wildman–Crippen MR) is 120 cm³/mol. The molecule has 4 rings (SSSR count). The highest BCUT2D eigenvalue weighted by Gasteiger charge is 2.28. The molecule has 1 aromatic heterocycles. The Hall–Kier alpha value is -2.26. The Morgan fingerprint density at radius 2 is 1.71 bits per heavy atom. The fourth-order valence-electron chi connectivity index (χ4n) is 4.29. The molecule has 1 aliphatic heterocycles. The molecule has 2 heterocycles. The fourth-order valence-corrected chi connectivity index (χ4v) is 5.80. The summed E-state index contributed by atoms with van der Waals surface area (Å²) >= 11 is 0. The molecule has 2 aliphatic rings. The molecule has 0 radical (unpaired) electrons. The maximum Gasteiger partial charge on any atom is 0.225 e. The van der Waals surface area contributed by atoms with Crippen LogP contribution in [-0.4, -0.2) is 54.9 Å². The molecule has 168 valence electrons. The van der Waals surface area contributed by atoms with Gasteiger partial charge in [-0.1, -0.05) is 31.4 Å². The van der Waals surface area contributed by atoms with Gasteiger partial charge in [0.25, 0.3) is 0 Å². The number of nitrogens with zero attached hydrogens (tertiary/aromatic N) is 4. The van der Waals surface area contributed by atoms with E-state index >= 15 is 0 Å². The highest BCUT2D eigenvalue weighted by atomic mass is 32.2. The lowest BCUT2D eigenvalue weighted by Gasteiger charge is -2.35. The third-order valence-corrected chi connectivity index (χ3v) is 7.85. The van der Waals surface area contributed by atoms with Crippen LogP contribution in [0.5, 0.6) is 0 Å². The van der Waals surface area contributed by atoms with Gasteiger partial charge in [-0.25, -0.2) is 17.8 Å². The summed E-state index contributed by atoms with van der Waals surface area (Å²) in [4.78, 5) is 11.4. The number of aromatic nitrogens is 2. The summed E-state index contributed by atoms with van der Waals surface area (Å²) in [5, 5.41) is 3.48. The number of aryl methyl sites for hydroxylation is 1. The summed E-state index contributed by atoms with van der Waals surface area (Å²) in [7, 11) is -3.45. The van der Waals surface area contributed by atoms with E-state index in [1.807, 2.05) is 13.0 Å². The number of sulfonamides is 1. The zero-order chi connectivity index (χ0) is 21.8. The predicted octanol–water partition coefficient (Wildman–Crippen LogP) is 3.32. The number of hydrogen-bond donors (Lipinski definition) is 1. The van der Waals surface area contributed by atoms with Crippen molar-refractivity contribution >= 4 is 21.8 Å². The van der Waals surface area contributed by atoms with Crippen LogP contribution in [0, 0.1) is 12.7 Å². The molecule has 1 saturated carbocycles. The van der Waals surface area contributed by atoms with Crippen molar-refractivity contribution in [2.45, 2.75) is 50.8 Å². The van der Waals surface area contributed by atoms with E-state index in [0.29, 0.717) is 43.7 Å². The molecule has 0 bridgehead atoms. The molecule has 9 heteroatoms. The lowest BCUT2D eigenvalue weighted by atomic mass is 9.96. The topological polar surface area (TPSA) is 78.4 Å².